The highest BCUT2D eigenvalue weighted by molar-refractivity contribution is 8.00. The molecular weight excluding hydrogens is 328 g/mol. The van der Waals surface area contributed by atoms with Gasteiger partial charge < -0.3 is 0 Å². The van der Waals surface area contributed by atoms with Gasteiger partial charge in [-0.1, -0.05) is 60.8 Å². The molecule has 1 heterocycles. The molecule has 0 unspecified atom stereocenters. The second kappa shape index (κ2) is 9.32. The molecule has 0 saturated heterocycles. The van der Waals surface area contributed by atoms with Crippen LogP contribution >= 0.6 is 23.5 Å². The van der Waals surface area contributed by atoms with Gasteiger partial charge in [0.2, 0.25) is 5.91 Å². The Bertz CT molecular complexity index is 677. The van der Waals surface area contributed by atoms with Gasteiger partial charge in [0.1, 0.15) is 5.03 Å². The fourth-order valence-corrected chi connectivity index (χ4v) is 3.11. The number of rotatable bonds is 7. The van der Waals surface area contributed by atoms with Crippen molar-refractivity contribution in [2.45, 2.75) is 24.0 Å². The van der Waals surface area contributed by atoms with Crippen LogP contribution in [0.3, 0.4) is 0 Å². The molecule has 0 aliphatic rings. The Morgan fingerprint density at radius 3 is 2.78 bits per heavy atom. The standard InChI is InChI=1S/C16H18N4OS2/c1-3-22-16-18-12(2)9-15(19-16)23-11-14(21)20-17-10-13-7-5-4-6-8-13/h4-10H,3,11H2,1-2H3,(H,20,21)/b17-10+. The third-order valence-electron chi connectivity index (χ3n) is 2.64. The third-order valence-corrected chi connectivity index (χ3v) is 4.28. The average molecular weight is 346 g/mol. The van der Waals surface area contributed by atoms with Gasteiger partial charge in [-0.25, -0.2) is 15.4 Å². The summed E-state index contributed by atoms with van der Waals surface area (Å²) in [7, 11) is 0. The predicted octanol–water partition coefficient (Wildman–Crippen LogP) is 3.14. The van der Waals surface area contributed by atoms with E-state index >= 15 is 0 Å². The summed E-state index contributed by atoms with van der Waals surface area (Å²) in [6.45, 7) is 3.98. The highest BCUT2D eigenvalue weighted by atomic mass is 32.2. The first-order chi connectivity index (χ1) is 11.2. The van der Waals surface area contributed by atoms with E-state index in [1.807, 2.05) is 43.3 Å². The fraction of sp³-hybridized carbons (Fsp3) is 0.250. The highest BCUT2D eigenvalue weighted by Gasteiger charge is 2.06. The number of carbonyl (C=O) groups excluding carboxylic acids is 1. The molecule has 1 aromatic heterocycles. The highest BCUT2D eigenvalue weighted by Crippen LogP contribution is 2.20. The third kappa shape index (κ3) is 6.42. The monoisotopic (exact) mass is 346 g/mol. The number of hydrazone groups is 1. The number of hydrogen-bond donors (Lipinski definition) is 1. The number of nitrogens with one attached hydrogen (secondary N) is 1. The molecule has 1 N–H and O–H groups in total. The molecule has 0 fully saturated rings. The van der Waals surface area contributed by atoms with Crippen LogP contribution in [0.2, 0.25) is 0 Å². The molecule has 23 heavy (non-hydrogen) atoms. The second-order valence-corrected chi connectivity index (χ2v) is 6.78. The number of thioether (sulfide) groups is 2. The Labute approximate surface area is 144 Å². The van der Waals surface area contributed by atoms with Crippen molar-refractivity contribution in [1.82, 2.24) is 15.4 Å². The normalized spacial score (nSPS) is 10.9. The zero-order chi connectivity index (χ0) is 16.5. The number of nitrogens with zero attached hydrogens (tertiary/aromatic N) is 3. The molecule has 0 radical (unpaired) electrons. The van der Waals surface area contributed by atoms with Crippen molar-refractivity contribution >= 4 is 35.6 Å². The lowest BCUT2D eigenvalue weighted by Gasteiger charge is -2.04. The van der Waals surface area contributed by atoms with Crippen LogP contribution in [0, 0.1) is 6.92 Å². The van der Waals surface area contributed by atoms with E-state index in [1.165, 1.54) is 11.8 Å². The topological polar surface area (TPSA) is 67.2 Å². The molecule has 2 rings (SSSR count). The lowest BCUT2D eigenvalue weighted by atomic mass is 10.2. The molecule has 1 aromatic carbocycles. The number of aromatic nitrogens is 2. The van der Waals surface area contributed by atoms with Crippen LogP contribution in [0.1, 0.15) is 18.2 Å². The minimum atomic E-state index is -0.164. The lowest BCUT2D eigenvalue weighted by molar-refractivity contribution is -0.118. The summed E-state index contributed by atoms with van der Waals surface area (Å²) < 4.78 is 0. The van der Waals surface area contributed by atoms with Crippen LogP contribution in [-0.4, -0.2) is 33.6 Å². The maximum Gasteiger partial charge on any atom is 0.250 e. The smallest absolute Gasteiger partial charge is 0.250 e. The van der Waals surface area contributed by atoms with Gasteiger partial charge in [0.15, 0.2) is 5.16 Å². The van der Waals surface area contributed by atoms with Crippen molar-refractivity contribution < 1.29 is 4.79 Å². The van der Waals surface area contributed by atoms with Gasteiger partial charge in [0.25, 0.3) is 0 Å². The Morgan fingerprint density at radius 1 is 1.26 bits per heavy atom. The number of amides is 1. The van der Waals surface area contributed by atoms with Crippen LogP contribution in [-0.2, 0) is 4.79 Å². The van der Waals surface area contributed by atoms with E-state index in [-0.39, 0.29) is 11.7 Å². The van der Waals surface area contributed by atoms with Crippen molar-refractivity contribution in [3.8, 4) is 0 Å². The van der Waals surface area contributed by atoms with Crippen LogP contribution in [0.25, 0.3) is 0 Å². The molecule has 0 saturated carbocycles. The number of carbonyl (C=O) groups is 1. The number of aryl methyl sites for hydroxylation is 1. The van der Waals surface area contributed by atoms with E-state index in [4.69, 9.17) is 0 Å². The number of hydrogen-bond acceptors (Lipinski definition) is 6. The quantitative estimate of drug-likeness (QED) is 0.274. The van der Waals surface area contributed by atoms with Crippen molar-refractivity contribution in [2.24, 2.45) is 5.10 Å². The molecule has 1 amide bonds. The Balaban J connectivity index is 1.83. The molecule has 0 aliphatic carbocycles. The van der Waals surface area contributed by atoms with Gasteiger partial charge in [-0.15, -0.1) is 0 Å². The van der Waals surface area contributed by atoms with Gasteiger partial charge in [-0.05, 0) is 24.3 Å². The van der Waals surface area contributed by atoms with Crippen LogP contribution in [0.15, 0.2) is 51.7 Å². The van der Waals surface area contributed by atoms with Crippen molar-refractivity contribution in [3.63, 3.8) is 0 Å². The molecule has 0 aliphatic heterocycles. The van der Waals surface area contributed by atoms with E-state index in [0.717, 1.165) is 27.2 Å². The fourth-order valence-electron chi connectivity index (χ4n) is 1.67. The summed E-state index contributed by atoms with van der Waals surface area (Å²) in [5, 5.41) is 5.49. The van der Waals surface area contributed by atoms with Gasteiger partial charge in [0, 0.05) is 5.69 Å². The molecule has 2 aromatic rings. The zero-order valence-electron chi connectivity index (χ0n) is 13.0. The Hall–Kier alpha value is -1.86. The van der Waals surface area contributed by atoms with E-state index in [9.17, 15) is 4.79 Å². The SMILES string of the molecule is CCSc1nc(C)cc(SCC(=O)N/N=C/c2ccccc2)n1. The van der Waals surface area contributed by atoms with Crippen molar-refractivity contribution in [1.29, 1.82) is 0 Å². The summed E-state index contributed by atoms with van der Waals surface area (Å²) in [5.41, 5.74) is 4.36. The summed E-state index contributed by atoms with van der Waals surface area (Å²) in [4.78, 5) is 20.6. The van der Waals surface area contributed by atoms with Crippen molar-refractivity contribution in [2.75, 3.05) is 11.5 Å². The molecule has 5 nitrogen and oxygen atoms in total. The minimum Gasteiger partial charge on any atom is -0.272 e. The minimum absolute atomic E-state index is 0.164. The molecular formula is C16H18N4OS2. The summed E-state index contributed by atoms with van der Waals surface area (Å²) >= 11 is 2.97. The molecule has 0 bridgehead atoms. The van der Waals surface area contributed by atoms with Gasteiger partial charge in [-0.3, -0.25) is 4.79 Å². The van der Waals surface area contributed by atoms with E-state index < -0.39 is 0 Å². The first-order valence-corrected chi connectivity index (χ1v) is 9.12. The Kier molecular flexibility index (Phi) is 7.09. The lowest BCUT2D eigenvalue weighted by Crippen LogP contribution is -2.19. The largest absolute Gasteiger partial charge is 0.272 e. The summed E-state index contributed by atoms with van der Waals surface area (Å²) in [6.07, 6.45) is 1.62. The second-order valence-electron chi connectivity index (χ2n) is 4.56. The molecule has 120 valence electrons. The summed E-state index contributed by atoms with van der Waals surface area (Å²) in [5.74, 6) is 1.02. The summed E-state index contributed by atoms with van der Waals surface area (Å²) in [6, 6.07) is 11.5. The first-order valence-electron chi connectivity index (χ1n) is 7.15. The van der Waals surface area contributed by atoms with Gasteiger partial charge in [-0.2, -0.15) is 5.10 Å². The molecule has 7 heteroatoms. The maximum atomic E-state index is 11.8. The average Bonchev–Trinajstić information content (AvgIpc) is 2.54. The first kappa shape index (κ1) is 17.5. The van der Waals surface area contributed by atoms with E-state index in [0.29, 0.717) is 0 Å². The molecule has 0 atom stereocenters. The van der Waals surface area contributed by atoms with Crippen LogP contribution in [0.5, 0.6) is 0 Å². The van der Waals surface area contributed by atoms with Gasteiger partial charge in [0.05, 0.1) is 12.0 Å². The maximum absolute atomic E-state index is 11.8. The number of benzene rings is 1. The zero-order valence-corrected chi connectivity index (χ0v) is 14.7. The van der Waals surface area contributed by atoms with E-state index in [1.54, 1.807) is 18.0 Å². The Morgan fingerprint density at radius 2 is 2.04 bits per heavy atom. The van der Waals surface area contributed by atoms with Gasteiger partial charge >= 0.3 is 0 Å². The van der Waals surface area contributed by atoms with Crippen molar-refractivity contribution in [3.05, 3.63) is 47.7 Å². The van der Waals surface area contributed by atoms with Crippen LogP contribution < -0.4 is 5.43 Å². The van der Waals surface area contributed by atoms with E-state index in [2.05, 4.69) is 27.4 Å². The molecule has 0 spiro atoms. The predicted molar refractivity (Wildman–Crippen MR) is 96.1 cm³/mol. The van der Waals surface area contributed by atoms with Crippen LogP contribution in [0.4, 0.5) is 0 Å².